The van der Waals surface area contributed by atoms with E-state index in [1.807, 2.05) is 0 Å². The zero-order chi connectivity index (χ0) is 8.28. The summed E-state index contributed by atoms with van der Waals surface area (Å²) in [5, 5.41) is 0. The Morgan fingerprint density at radius 2 is 2.09 bits per heavy atom. The Bertz CT molecular complexity index is 226. The lowest BCUT2D eigenvalue weighted by atomic mass is 9.91. The molecule has 0 aromatic rings. The maximum absolute atomic E-state index is 12.9. The second-order valence-electron chi connectivity index (χ2n) is 3.07. The third kappa shape index (κ3) is 0.612. The van der Waals surface area contributed by atoms with Crippen molar-refractivity contribution in [3.8, 4) is 0 Å². The van der Waals surface area contributed by atoms with E-state index in [9.17, 15) is 13.2 Å². The molecule has 0 saturated carbocycles. The fourth-order valence-corrected chi connectivity index (χ4v) is 1.47. The zero-order valence-corrected chi connectivity index (χ0v) is 5.85. The predicted octanol–water partition coefficient (Wildman–Crippen LogP) is 1.69. The van der Waals surface area contributed by atoms with Crippen molar-refractivity contribution >= 4 is 0 Å². The Morgan fingerprint density at radius 1 is 1.45 bits per heavy atom. The van der Waals surface area contributed by atoms with Gasteiger partial charge in [0.05, 0.1) is 0 Å². The summed E-state index contributed by atoms with van der Waals surface area (Å²) in [5.41, 5.74) is -1.71. The molecule has 2 bridgehead atoms. The van der Waals surface area contributed by atoms with E-state index in [-0.39, 0.29) is 0 Å². The van der Waals surface area contributed by atoms with Crippen molar-refractivity contribution in [1.82, 2.24) is 0 Å². The third-order valence-electron chi connectivity index (χ3n) is 2.28. The van der Waals surface area contributed by atoms with Gasteiger partial charge in [0, 0.05) is 0 Å². The molecule has 0 amide bonds. The van der Waals surface area contributed by atoms with E-state index in [1.54, 1.807) is 0 Å². The first kappa shape index (κ1) is 7.16. The molecule has 1 fully saturated rings. The quantitative estimate of drug-likeness (QED) is 0.495. The van der Waals surface area contributed by atoms with Gasteiger partial charge in [0.15, 0.2) is 11.8 Å². The average molecular weight is 164 g/mol. The van der Waals surface area contributed by atoms with Gasteiger partial charge in [-0.05, 0) is 13.0 Å². The van der Waals surface area contributed by atoms with Crippen LogP contribution in [-0.4, -0.2) is 23.8 Å². The van der Waals surface area contributed by atoms with E-state index in [0.29, 0.717) is 0 Å². The summed E-state index contributed by atoms with van der Waals surface area (Å²) in [4.78, 5) is 0. The molecule has 0 radical (unpaired) electrons. The number of halogens is 3. The second kappa shape index (κ2) is 1.63. The lowest BCUT2D eigenvalue weighted by Gasteiger charge is -2.26. The Hall–Kier alpha value is -0.510. The van der Waals surface area contributed by atoms with Gasteiger partial charge in [0.2, 0.25) is 0 Å². The first-order chi connectivity index (χ1) is 4.97. The highest BCUT2D eigenvalue weighted by molar-refractivity contribution is 5.26. The van der Waals surface area contributed by atoms with Gasteiger partial charge in [0.1, 0.15) is 6.10 Å². The van der Waals surface area contributed by atoms with E-state index in [0.717, 1.165) is 0 Å². The number of hydrogen-bond donors (Lipinski definition) is 0. The summed E-state index contributed by atoms with van der Waals surface area (Å²) in [6, 6.07) is 0. The molecule has 0 N–H and O–H groups in total. The highest BCUT2D eigenvalue weighted by Crippen LogP contribution is 2.50. The fourth-order valence-electron chi connectivity index (χ4n) is 1.47. The maximum atomic E-state index is 12.9. The van der Waals surface area contributed by atoms with E-state index >= 15 is 0 Å². The van der Waals surface area contributed by atoms with Crippen LogP contribution >= 0.6 is 0 Å². The molecular formula is C7H7F3O. The van der Waals surface area contributed by atoms with Crippen LogP contribution in [0.25, 0.3) is 0 Å². The lowest BCUT2D eigenvalue weighted by molar-refractivity contribution is -0.123. The van der Waals surface area contributed by atoms with Crippen LogP contribution in [0.15, 0.2) is 12.2 Å². The highest BCUT2D eigenvalue weighted by Gasteiger charge is 2.68. The fraction of sp³-hybridized carbons (Fsp3) is 0.714. The summed E-state index contributed by atoms with van der Waals surface area (Å²) < 4.78 is 43.2. The van der Waals surface area contributed by atoms with Crippen molar-refractivity contribution < 1.29 is 17.9 Å². The summed E-state index contributed by atoms with van der Waals surface area (Å²) in [7, 11) is 0. The molecule has 11 heavy (non-hydrogen) atoms. The number of hydrogen-bond acceptors (Lipinski definition) is 1. The van der Waals surface area contributed by atoms with Crippen molar-refractivity contribution in [2.45, 2.75) is 30.7 Å². The second-order valence-corrected chi connectivity index (χ2v) is 3.07. The molecule has 2 rings (SSSR count). The molecule has 2 heterocycles. The highest BCUT2D eigenvalue weighted by atomic mass is 19.3. The molecule has 0 aliphatic carbocycles. The Balaban J connectivity index is 2.45. The number of fused-ring (bicyclic) bond motifs is 2. The van der Waals surface area contributed by atoms with Crippen molar-refractivity contribution in [3.63, 3.8) is 0 Å². The summed E-state index contributed by atoms with van der Waals surface area (Å²) in [6.07, 6.45) is -0.650. The Morgan fingerprint density at radius 3 is 2.36 bits per heavy atom. The standard InChI is InChI=1S/C7H7F3O/c1-6-3-2-4(11-6)5(8)7(6,9)10/h2-5H,1H3/t4-,5-,6+/m0/s1. The predicted molar refractivity (Wildman–Crippen MR) is 32.3 cm³/mol. The van der Waals surface area contributed by atoms with Crippen molar-refractivity contribution in [2.24, 2.45) is 0 Å². The number of alkyl halides is 3. The largest absolute Gasteiger partial charge is 0.354 e. The smallest absolute Gasteiger partial charge is 0.313 e. The topological polar surface area (TPSA) is 9.23 Å². The minimum absolute atomic E-state index is 1.05. The van der Waals surface area contributed by atoms with Gasteiger partial charge in [-0.2, -0.15) is 8.78 Å². The molecule has 0 aromatic carbocycles. The van der Waals surface area contributed by atoms with Crippen LogP contribution in [0.4, 0.5) is 13.2 Å². The molecule has 0 spiro atoms. The minimum Gasteiger partial charge on any atom is -0.354 e. The minimum atomic E-state index is -3.37. The van der Waals surface area contributed by atoms with Crippen LogP contribution in [0.3, 0.4) is 0 Å². The summed E-state index contributed by atoms with van der Waals surface area (Å²) in [6.45, 7) is 1.20. The molecule has 2 aliphatic heterocycles. The molecule has 0 aromatic heterocycles. The molecule has 62 valence electrons. The lowest BCUT2D eigenvalue weighted by Crippen LogP contribution is -2.46. The van der Waals surface area contributed by atoms with Gasteiger partial charge in [-0.15, -0.1) is 0 Å². The van der Waals surface area contributed by atoms with Crippen LogP contribution < -0.4 is 0 Å². The monoisotopic (exact) mass is 164 g/mol. The first-order valence-corrected chi connectivity index (χ1v) is 3.36. The SMILES string of the molecule is C[C@]12C=C[C@H](O1)[C@H](F)C2(F)F. The van der Waals surface area contributed by atoms with E-state index < -0.39 is 23.8 Å². The van der Waals surface area contributed by atoms with Gasteiger partial charge in [0.25, 0.3) is 0 Å². The van der Waals surface area contributed by atoms with Crippen LogP contribution in [0.1, 0.15) is 6.92 Å². The molecule has 2 aliphatic rings. The molecule has 1 nitrogen and oxygen atoms in total. The molecule has 3 atom stereocenters. The molecular weight excluding hydrogens is 157 g/mol. The van der Waals surface area contributed by atoms with E-state index in [4.69, 9.17) is 4.74 Å². The van der Waals surface area contributed by atoms with Crippen LogP contribution in [0.2, 0.25) is 0 Å². The van der Waals surface area contributed by atoms with Crippen molar-refractivity contribution in [3.05, 3.63) is 12.2 Å². The summed E-state index contributed by atoms with van der Waals surface area (Å²) in [5.74, 6) is -3.37. The van der Waals surface area contributed by atoms with Gasteiger partial charge in [-0.25, -0.2) is 4.39 Å². The van der Waals surface area contributed by atoms with E-state index in [2.05, 4.69) is 0 Å². The van der Waals surface area contributed by atoms with Gasteiger partial charge < -0.3 is 4.74 Å². The zero-order valence-electron chi connectivity index (χ0n) is 5.85. The normalized spacial score (nSPS) is 52.0. The Labute approximate surface area is 61.8 Å². The molecule has 0 unspecified atom stereocenters. The number of ether oxygens (including phenoxy) is 1. The third-order valence-corrected chi connectivity index (χ3v) is 2.28. The van der Waals surface area contributed by atoms with Crippen molar-refractivity contribution in [1.29, 1.82) is 0 Å². The first-order valence-electron chi connectivity index (χ1n) is 3.36. The maximum Gasteiger partial charge on any atom is 0.313 e. The molecule has 1 saturated heterocycles. The Kier molecular flexibility index (Phi) is 1.06. The van der Waals surface area contributed by atoms with Gasteiger partial charge >= 0.3 is 5.92 Å². The average Bonchev–Trinajstić information content (AvgIpc) is 2.36. The van der Waals surface area contributed by atoms with Crippen LogP contribution in [-0.2, 0) is 4.74 Å². The number of rotatable bonds is 0. The van der Waals surface area contributed by atoms with Gasteiger partial charge in [-0.1, -0.05) is 6.08 Å². The van der Waals surface area contributed by atoms with Crippen LogP contribution in [0.5, 0.6) is 0 Å². The van der Waals surface area contributed by atoms with E-state index in [1.165, 1.54) is 19.1 Å². The van der Waals surface area contributed by atoms with Gasteiger partial charge in [-0.3, -0.25) is 0 Å². The summed E-state index contributed by atoms with van der Waals surface area (Å²) >= 11 is 0. The van der Waals surface area contributed by atoms with Crippen LogP contribution in [0, 0.1) is 0 Å². The van der Waals surface area contributed by atoms with Crippen molar-refractivity contribution in [2.75, 3.05) is 0 Å². The molecule has 4 heteroatoms.